The summed E-state index contributed by atoms with van der Waals surface area (Å²) in [5, 5.41) is 0. The van der Waals surface area contributed by atoms with E-state index in [-0.39, 0.29) is 0 Å². The maximum Gasteiger partial charge on any atom is 0.212 e. The van der Waals surface area contributed by atoms with Crippen molar-refractivity contribution in [1.29, 1.82) is 0 Å². The van der Waals surface area contributed by atoms with Crippen LogP contribution in [-0.4, -0.2) is 0 Å². The molecule has 0 aliphatic rings. The van der Waals surface area contributed by atoms with Gasteiger partial charge in [-0.1, -0.05) is 70.2 Å². The topological polar surface area (TPSA) is 3.88 Å². The summed E-state index contributed by atoms with van der Waals surface area (Å²) < 4.78 is 2.23. The number of hydrogen-bond acceptors (Lipinski definition) is 0. The number of pyridine rings is 1. The van der Waals surface area contributed by atoms with Crippen molar-refractivity contribution >= 4 is 0 Å². The molecule has 3 aromatic rings. The van der Waals surface area contributed by atoms with Gasteiger partial charge in [0.2, 0.25) is 5.69 Å². The minimum Gasteiger partial charge on any atom is -0.200 e. The van der Waals surface area contributed by atoms with Crippen molar-refractivity contribution in [3.8, 4) is 22.4 Å². The van der Waals surface area contributed by atoms with Crippen molar-refractivity contribution in [2.24, 2.45) is 12.5 Å². The summed E-state index contributed by atoms with van der Waals surface area (Å²) in [6.07, 6.45) is 3.43. The van der Waals surface area contributed by atoms with Crippen LogP contribution in [0.5, 0.6) is 0 Å². The first-order valence-electron chi connectivity index (χ1n) is 9.90. The highest BCUT2D eigenvalue weighted by Crippen LogP contribution is 2.32. The molecule has 1 unspecified atom stereocenters. The number of aryl methyl sites for hydroxylation is 2. The average Bonchev–Trinajstić information content (AvgIpc) is 2.61. The van der Waals surface area contributed by atoms with Crippen molar-refractivity contribution in [2.45, 2.75) is 47.0 Å². The van der Waals surface area contributed by atoms with Gasteiger partial charge in [0.05, 0.1) is 0 Å². The molecule has 1 nitrogen and oxygen atoms in total. The van der Waals surface area contributed by atoms with Gasteiger partial charge in [0.25, 0.3) is 0 Å². The molecule has 0 bridgehead atoms. The molecule has 0 spiro atoms. The van der Waals surface area contributed by atoms with Crippen molar-refractivity contribution in [1.82, 2.24) is 0 Å². The predicted molar refractivity (Wildman–Crippen MR) is 116 cm³/mol. The predicted octanol–water partition coefficient (Wildman–Crippen LogP) is 6.69. The van der Waals surface area contributed by atoms with Gasteiger partial charge in [-0.05, 0) is 53.5 Å². The van der Waals surface area contributed by atoms with Crippen LogP contribution in [-0.2, 0) is 7.05 Å². The highest BCUT2D eigenvalue weighted by Gasteiger charge is 2.17. The molecule has 0 saturated carbocycles. The van der Waals surface area contributed by atoms with Crippen LogP contribution >= 0.6 is 0 Å². The Hall–Kier alpha value is -2.41. The molecule has 0 fully saturated rings. The minimum absolute atomic E-state index is 0.358. The Morgan fingerprint density at radius 1 is 0.852 bits per heavy atom. The van der Waals surface area contributed by atoms with Crippen LogP contribution in [0.25, 0.3) is 22.4 Å². The van der Waals surface area contributed by atoms with Crippen molar-refractivity contribution in [3.63, 3.8) is 0 Å². The Morgan fingerprint density at radius 3 is 2.07 bits per heavy atom. The van der Waals surface area contributed by atoms with Gasteiger partial charge in [-0.2, -0.15) is 0 Å². The molecule has 1 heterocycles. The Bertz CT molecular complexity index is 914. The second-order valence-corrected chi connectivity index (χ2v) is 9.02. The van der Waals surface area contributed by atoms with Gasteiger partial charge in [-0.15, -0.1) is 0 Å². The van der Waals surface area contributed by atoms with Crippen molar-refractivity contribution in [2.75, 3.05) is 0 Å². The molecule has 0 N–H and O–H groups in total. The van der Waals surface area contributed by atoms with Gasteiger partial charge < -0.3 is 0 Å². The first-order chi connectivity index (χ1) is 12.7. The van der Waals surface area contributed by atoms with E-state index >= 15 is 0 Å². The first kappa shape index (κ1) is 19.4. The lowest BCUT2D eigenvalue weighted by atomic mass is 9.82. The highest BCUT2D eigenvalue weighted by atomic mass is 14.9. The molecule has 1 atom stereocenters. The van der Waals surface area contributed by atoms with Crippen LogP contribution in [0.15, 0.2) is 66.9 Å². The van der Waals surface area contributed by atoms with Gasteiger partial charge in [-0.25, -0.2) is 4.57 Å². The first-order valence-corrected chi connectivity index (χ1v) is 9.90. The molecule has 1 heteroatoms. The van der Waals surface area contributed by atoms with Crippen LogP contribution in [0.3, 0.4) is 0 Å². The molecule has 27 heavy (non-hydrogen) atoms. The highest BCUT2D eigenvalue weighted by molar-refractivity contribution is 5.66. The minimum atomic E-state index is 0.358. The summed E-state index contributed by atoms with van der Waals surface area (Å²) in [5.41, 5.74) is 8.15. The van der Waals surface area contributed by atoms with Gasteiger partial charge in [0, 0.05) is 17.2 Å². The van der Waals surface area contributed by atoms with E-state index in [9.17, 15) is 0 Å². The molecule has 0 aliphatic carbocycles. The van der Waals surface area contributed by atoms with Gasteiger partial charge in [-0.3, -0.25) is 0 Å². The van der Waals surface area contributed by atoms with E-state index in [0.717, 1.165) is 0 Å². The number of benzene rings is 2. The maximum atomic E-state index is 2.33. The smallest absolute Gasteiger partial charge is 0.200 e. The molecule has 140 valence electrons. The van der Waals surface area contributed by atoms with E-state index < -0.39 is 0 Å². The van der Waals surface area contributed by atoms with Gasteiger partial charge >= 0.3 is 0 Å². The lowest BCUT2D eigenvalue weighted by Crippen LogP contribution is -2.30. The second-order valence-electron chi connectivity index (χ2n) is 9.02. The summed E-state index contributed by atoms with van der Waals surface area (Å²) in [6.45, 7) is 11.4. The fourth-order valence-corrected chi connectivity index (χ4v) is 3.96. The molecule has 0 aliphatic heterocycles. The standard InChI is InChI=1S/C26H32N/c1-19-9-7-8-10-24(19)25-16-15-23(18-27(25)6)22-13-11-21(12-14-22)20(2)17-26(3,4)5/h7-16,18,20H,17H2,1-6H3/q+1. The van der Waals surface area contributed by atoms with E-state index in [1.54, 1.807) is 0 Å². The number of rotatable bonds is 4. The molecule has 3 rings (SSSR count). The lowest BCUT2D eigenvalue weighted by molar-refractivity contribution is -0.659. The zero-order valence-electron chi connectivity index (χ0n) is 17.6. The van der Waals surface area contributed by atoms with E-state index in [0.29, 0.717) is 11.3 Å². The normalized spacial score (nSPS) is 12.8. The van der Waals surface area contributed by atoms with Crippen LogP contribution < -0.4 is 4.57 Å². The zero-order chi connectivity index (χ0) is 19.6. The number of nitrogens with zero attached hydrogens (tertiary/aromatic N) is 1. The molecule has 0 saturated heterocycles. The SMILES string of the molecule is Cc1ccccc1-c1ccc(-c2ccc(C(C)CC(C)(C)C)cc2)c[n+]1C. The van der Waals surface area contributed by atoms with E-state index in [1.165, 1.54) is 39.9 Å². The number of aromatic nitrogens is 1. The fourth-order valence-electron chi connectivity index (χ4n) is 3.96. The Labute approximate surface area is 164 Å². The molecular formula is C26H32N+. The third kappa shape index (κ3) is 4.66. The molecule has 0 radical (unpaired) electrons. The molecular weight excluding hydrogens is 326 g/mol. The summed E-state index contributed by atoms with van der Waals surface area (Å²) >= 11 is 0. The fraction of sp³-hybridized carbons (Fsp3) is 0.346. The van der Waals surface area contributed by atoms with Crippen LogP contribution in [0.2, 0.25) is 0 Å². The van der Waals surface area contributed by atoms with Crippen LogP contribution in [0.1, 0.15) is 51.2 Å². The summed E-state index contributed by atoms with van der Waals surface area (Å²) in [6, 6.07) is 22.1. The van der Waals surface area contributed by atoms with Gasteiger partial charge in [0.1, 0.15) is 7.05 Å². The zero-order valence-corrected chi connectivity index (χ0v) is 17.6. The summed E-state index contributed by atoms with van der Waals surface area (Å²) in [7, 11) is 2.13. The van der Waals surface area contributed by atoms with Crippen LogP contribution in [0, 0.1) is 12.3 Å². The quantitative estimate of drug-likeness (QED) is 0.457. The second kappa shape index (κ2) is 7.68. The Kier molecular flexibility index (Phi) is 5.51. The maximum absolute atomic E-state index is 2.33. The lowest BCUT2D eigenvalue weighted by Gasteiger charge is -2.23. The van der Waals surface area contributed by atoms with Crippen molar-refractivity contribution < 1.29 is 4.57 Å². The van der Waals surface area contributed by atoms with Crippen LogP contribution in [0.4, 0.5) is 0 Å². The monoisotopic (exact) mass is 358 g/mol. The summed E-state index contributed by atoms with van der Waals surface area (Å²) in [5.74, 6) is 0.582. The average molecular weight is 359 g/mol. The van der Waals surface area contributed by atoms with E-state index in [2.05, 4.69) is 113 Å². The molecule has 2 aromatic carbocycles. The largest absolute Gasteiger partial charge is 0.212 e. The molecule has 1 aromatic heterocycles. The third-order valence-corrected chi connectivity index (χ3v) is 5.29. The Morgan fingerprint density at radius 2 is 1.48 bits per heavy atom. The Balaban J connectivity index is 1.85. The third-order valence-electron chi connectivity index (χ3n) is 5.29. The van der Waals surface area contributed by atoms with E-state index in [4.69, 9.17) is 0 Å². The molecule has 0 amide bonds. The van der Waals surface area contributed by atoms with Gasteiger partial charge in [0.15, 0.2) is 6.20 Å². The van der Waals surface area contributed by atoms with Crippen molar-refractivity contribution in [3.05, 3.63) is 78.0 Å². The van der Waals surface area contributed by atoms with E-state index in [1.807, 2.05) is 0 Å². The summed E-state index contributed by atoms with van der Waals surface area (Å²) in [4.78, 5) is 0. The number of hydrogen-bond donors (Lipinski definition) is 0.